The minimum absolute atomic E-state index is 0.141. The van der Waals surface area contributed by atoms with Crippen molar-refractivity contribution in [1.82, 2.24) is 15.5 Å². The second-order valence-electron chi connectivity index (χ2n) is 5.01. The van der Waals surface area contributed by atoms with Gasteiger partial charge >= 0.3 is 103 Å². The molecule has 0 aromatic carbocycles. The van der Waals surface area contributed by atoms with Crippen molar-refractivity contribution in [3.8, 4) is 0 Å². The van der Waals surface area contributed by atoms with Crippen LogP contribution in [0.2, 0.25) is 0 Å². The van der Waals surface area contributed by atoms with Gasteiger partial charge in [0.1, 0.15) is 0 Å². The van der Waals surface area contributed by atoms with Gasteiger partial charge in [-0.1, -0.05) is 0 Å². The molecule has 2 aliphatic rings. The second-order valence-corrected chi connectivity index (χ2v) is 11.2. The molecule has 0 spiro atoms. The normalized spacial score (nSPS) is 30.4. The molecule has 16 heavy (non-hydrogen) atoms. The average molecular weight is 335 g/mol. The molecule has 4 nitrogen and oxygen atoms in total. The van der Waals surface area contributed by atoms with Crippen LogP contribution in [0.3, 0.4) is 0 Å². The number of alkyl halides is 2. The SMILES string of the molecule is C[C@H]1C[I-]1c1nc(C2(C)CCNCC2)no1. The van der Waals surface area contributed by atoms with E-state index in [1.807, 2.05) is 0 Å². The van der Waals surface area contributed by atoms with Crippen LogP contribution < -0.4 is 25.1 Å². The number of nitrogens with zero attached hydrogens (tertiary/aromatic N) is 2. The molecule has 1 aromatic rings. The molecular weight excluding hydrogens is 317 g/mol. The van der Waals surface area contributed by atoms with E-state index >= 15 is 0 Å². The summed E-state index contributed by atoms with van der Waals surface area (Å²) in [5.41, 5.74) is 0.141. The number of hydrogen-bond acceptors (Lipinski definition) is 4. The van der Waals surface area contributed by atoms with Crippen molar-refractivity contribution in [1.29, 1.82) is 0 Å². The zero-order chi connectivity index (χ0) is 11.2. The Morgan fingerprint density at radius 3 is 2.75 bits per heavy atom. The summed E-state index contributed by atoms with van der Waals surface area (Å²) in [6, 6.07) is 0. The molecule has 0 aliphatic carbocycles. The van der Waals surface area contributed by atoms with E-state index in [1.54, 1.807) is 0 Å². The van der Waals surface area contributed by atoms with E-state index in [0.717, 1.165) is 39.6 Å². The first-order chi connectivity index (χ1) is 7.69. The van der Waals surface area contributed by atoms with Gasteiger partial charge in [-0.25, -0.2) is 0 Å². The number of nitrogens with one attached hydrogen (secondary N) is 1. The summed E-state index contributed by atoms with van der Waals surface area (Å²) in [4.78, 5) is 4.68. The van der Waals surface area contributed by atoms with E-state index in [0.29, 0.717) is 0 Å². The van der Waals surface area contributed by atoms with Gasteiger partial charge in [0.05, 0.1) is 0 Å². The molecule has 1 aromatic heterocycles. The van der Waals surface area contributed by atoms with E-state index in [1.165, 1.54) is 4.43 Å². The van der Waals surface area contributed by atoms with E-state index in [-0.39, 0.29) is 5.41 Å². The van der Waals surface area contributed by atoms with E-state index in [2.05, 4.69) is 29.3 Å². The van der Waals surface area contributed by atoms with Crippen LogP contribution in [0.25, 0.3) is 0 Å². The molecule has 2 fully saturated rings. The van der Waals surface area contributed by atoms with E-state index < -0.39 is 19.8 Å². The molecule has 0 unspecified atom stereocenters. The van der Waals surface area contributed by atoms with Crippen molar-refractivity contribution in [2.45, 2.75) is 36.0 Å². The van der Waals surface area contributed by atoms with E-state index in [4.69, 9.17) is 4.52 Å². The summed E-state index contributed by atoms with van der Waals surface area (Å²) < 4.78 is 8.74. The van der Waals surface area contributed by atoms with Gasteiger partial charge in [0.25, 0.3) is 0 Å². The van der Waals surface area contributed by atoms with Gasteiger partial charge < -0.3 is 0 Å². The number of aromatic nitrogens is 2. The Bertz CT molecular complexity index is 386. The Hall–Kier alpha value is -0.170. The van der Waals surface area contributed by atoms with Crippen LogP contribution in [0.1, 0.15) is 32.5 Å². The van der Waals surface area contributed by atoms with Crippen LogP contribution >= 0.6 is 0 Å². The van der Waals surface area contributed by atoms with Crippen molar-refractivity contribution in [3.63, 3.8) is 0 Å². The Balaban J connectivity index is 1.80. The van der Waals surface area contributed by atoms with Crippen LogP contribution in [0, 0.1) is 3.90 Å². The summed E-state index contributed by atoms with van der Waals surface area (Å²) in [6.45, 7) is 6.71. The first-order valence-corrected chi connectivity index (χ1v) is 9.73. The monoisotopic (exact) mass is 335 g/mol. The van der Waals surface area contributed by atoms with Crippen LogP contribution in [0.5, 0.6) is 0 Å². The summed E-state index contributed by atoms with van der Waals surface area (Å²) in [6.07, 6.45) is 2.24. The van der Waals surface area contributed by atoms with Gasteiger partial charge in [-0.15, -0.1) is 0 Å². The fraction of sp³-hybridized carbons (Fsp3) is 0.818. The first kappa shape index (κ1) is 11.0. The number of hydrogen-bond donors (Lipinski definition) is 1. The molecule has 5 heteroatoms. The van der Waals surface area contributed by atoms with Crippen molar-refractivity contribution in [3.05, 3.63) is 9.72 Å². The van der Waals surface area contributed by atoms with Crippen molar-refractivity contribution >= 4 is 0 Å². The van der Waals surface area contributed by atoms with Gasteiger partial charge in [-0.05, 0) is 0 Å². The standard InChI is InChI=1S/C11H18IN3O/c1-8-7-12(8)10-14-9(15-16-10)11(2)3-5-13-6-4-11/h8,13H,3-7H2,1-2H3/q-1/t8-/m0/s1. The van der Waals surface area contributed by atoms with Crippen LogP contribution in [-0.4, -0.2) is 31.6 Å². The third-order valence-electron chi connectivity index (χ3n) is 3.58. The molecule has 1 atom stereocenters. The molecule has 0 bridgehead atoms. The fourth-order valence-electron chi connectivity index (χ4n) is 2.17. The summed E-state index contributed by atoms with van der Waals surface area (Å²) >= 11 is -0.963. The molecule has 1 N–H and O–H groups in total. The van der Waals surface area contributed by atoms with Crippen molar-refractivity contribution in [2.24, 2.45) is 0 Å². The maximum absolute atomic E-state index is 5.47. The fourth-order valence-corrected chi connectivity index (χ4v) is 6.58. The van der Waals surface area contributed by atoms with Crippen LogP contribution in [0.15, 0.2) is 4.52 Å². The molecular formula is C11H18IN3O-. The van der Waals surface area contributed by atoms with Gasteiger partial charge in [0.2, 0.25) is 0 Å². The quantitative estimate of drug-likeness (QED) is 0.497. The minimum atomic E-state index is -0.963. The third-order valence-corrected chi connectivity index (χ3v) is 9.35. The molecule has 91 valence electrons. The van der Waals surface area contributed by atoms with Gasteiger partial charge in [-0.2, -0.15) is 0 Å². The summed E-state index contributed by atoms with van der Waals surface area (Å²) in [5, 5.41) is 7.61. The molecule has 3 rings (SSSR count). The maximum atomic E-state index is 5.47. The van der Waals surface area contributed by atoms with Crippen molar-refractivity contribution in [2.75, 3.05) is 17.5 Å². The first-order valence-electron chi connectivity index (χ1n) is 5.88. The summed E-state index contributed by atoms with van der Waals surface area (Å²) in [7, 11) is 0. The predicted octanol–water partition coefficient (Wildman–Crippen LogP) is -2.09. The molecule has 0 saturated carbocycles. The molecule has 3 heterocycles. The Morgan fingerprint density at radius 1 is 1.44 bits per heavy atom. The predicted molar refractivity (Wildman–Crippen MR) is 56.8 cm³/mol. The Morgan fingerprint density at radius 2 is 2.12 bits per heavy atom. The van der Waals surface area contributed by atoms with Gasteiger partial charge in [-0.3, -0.25) is 0 Å². The molecule has 2 saturated heterocycles. The van der Waals surface area contributed by atoms with E-state index in [9.17, 15) is 0 Å². The number of piperidine rings is 1. The van der Waals surface area contributed by atoms with Gasteiger partial charge in [0, 0.05) is 0 Å². The van der Waals surface area contributed by atoms with Crippen LogP contribution in [0.4, 0.5) is 0 Å². The van der Waals surface area contributed by atoms with Crippen LogP contribution in [-0.2, 0) is 5.41 Å². The zero-order valence-corrected chi connectivity index (χ0v) is 12.0. The second kappa shape index (κ2) is 3.94. The number of halogens is 1. The number of rotatable bonds is 2. The molecule has 1 radical (unpaired) electrons. The zero-order valence-electron chi connectivity index (χ0n) is 9.79. The molecule has 0 amide bonds. The average Bonchev–Trinajstić information content (AvgIpc) is 2.82. The Labute approximate surface area is 103 Å². The molecule has 2 aliphatic heterocycles. The van der Waals surface area contributed by atoms with Crippen molar-refractivity contribution < 1.29 is 24.3 Å². The Kier molecular flexibility index (Phi) is 2.70. The van der Waals surface area contributed by atoms with Gasteiger partial charge in [0.15, 0.2) is 0 Å². The summed E-state index contributed by atoms with van der Waals surface area (Å²) in [5.74, 6) is 0.959. The topological polar surface area (TPSA) is 51.0 Å². The third kappa shape index (κ3) is 1.88.